The molecule has 0 aliphatic rings. The molecule has 0 aromatic heterocycles. The van der Waals surface area contributed by atoms with E-state index in [4.69, 9.17) is 9.84 Å². The number of aromatic hydroxyl groups is 1. The van der Waals surface area contributed by atoms with Crippen LogP contribution in [-0.2, 0) is 16.0 Å². The average molecular weight is 238 g/mol. The minimum atomic E-state index is -0.997. The lowest BCUT2D eigenvalue weighted by Crippen LogP contribution is -2.34. The van der Waals surface area contributed by atoms with Gasteiger partial charge in [-0.1, -0.05) is 12.1 Å². The number of carbonyl (C=O) groups is 1. The van der Waals surface area contributed by atoms with Gasteiger partial charge in [-0.2, -0.15) is 0 Å². The molecule has 0 fully saturated rings. The summed E-state index contributed by atoms with van der Waals surface area (Å²) in [5, 5.41) is 18.4. The molecule has 0 aliphatic heterocycles. The first-order valence-electron chi connectivity index (χ1n) is 5.46. The Morgan fingerprint density at radius 3 is 2.53 bits per heavy atom. The van der Waals surface area contributed by atoms with E-state index in [1.54, 1.807) is 24.3 Å². The molecule has 0 radical (unpaired) electrons. The molecule has 1 rings (SSSR count). The Kier molecular flexibility index (Phi) is 4.12. The number of phenols is 1. The summed E-state index contributed by atoms with van der Waals surface area (Å²) < 4.78 is 5.46. The van der Waals surface area contributed by atoms with Gasteiger partial charge in [0.1, 0.15) is 5.75 Å². The standard InChI is InChI=1S/C13H18O4/c1-13(2,3)17-11(12(15)16)8-9-5-4-6-10(14)7-9/h4-7,11,14H,8H2,1-3H3,(H,15,16)/t11-/m0/s1. The van der Waals surface area contributed by atoms with Crippen LogP contribution >= 0.6 is 0 Å². The zero-order valence-electron chi connectivity index (χ0n) is 10.3. The van der Waals surface area contributed by atoms with Crippen LogP contribution in [0.3, 0.4) is 0 Å². The maximum Gasteiger partial charge on any atom is 0.333 e. The maximum absolute atomic E-state index is 11.1. The first-order chi connectivity index (χ1) is 7.78. The third-order valence-electron chi connectivity index (χ3n) is 2.10. The number of rotatable bonds is 4. The number of ether oxygens (including phenoxy) is 1. The summed E-state index contributed by atoms with van der Waals surface area (Å²) in [6, 6.07) is 6.54. The average Bonchev–Trinajstić information content (AvgIpc) is 2.14. The molecule has 4 heteroatoms. The van der Waals surface area contributed by atoms with Gasteiger partial charge < -0.3 is 14.9 Å². The molecule has 0 spiro atoms. The predicted molar refractivity (Wildman–Crippen MR) is 64.1 cm³/mol. The van der Waals surface area contributed by atoms with Gasteiger partial charge >= 0.3 is 5.97 Å². The van der Waals surface area contributed by atoms with Gasteiger partial charge in [0.05, 0.1) is 5.60 Å². The Bertz CT molecular complexity index is 393. The van der Waals surface area contributed by atoms with Crippen LogP contribution < -0.4 is 0 Å². The highest BCUT2D eigenvalue weighted by Crippen LogP contribution is 2.17. The maximum atomic E-state index is 11.1. The highest BCUT2D eigenvalue weighted by Gasteiger charge is 2.25. The van der Waals surface area contributed by atoms with Gasteiger partial charge in [0, 0.05) is 6.42 Å². The van der Waals surface area contributed by atoms with Gasteiger partial charge in [0.2, 0.25) is 0 Å². The summed E-state index contributed by atoms with van der Waals surface area (Å²) in [5.41, 5.74) is 0.224. The molecule has 17 heavy (non-hydrogen) atoms. The van der Waals surface area contributed by atoms with Crippen molar-refractivity contribution in [2.45, 2.75) is 38.9 Å². The lowest BCUT2D eigenvalue weighted by Gasteiger charge is -2.25. The molecule has 94 valence electrons. The minimum Gasteiger partial charge on any atom is -0.508 e. The summed E-state index contributed by atoms with van der Waals surface area (Å²) in [5.74, 6) is -0.870. The van der Waals surface area contributed by atoms with Crippen molar-refractivity contribution in [2.24, 2.45) is 0 Å². The summed E-state index contributed by atoms with van der Waals surface area (Å²) >= 11 is 0. The third-order valence-corrected chi connectivity index (χ3v) is 2.10. The van der Waals surface area contributed by atoms with Crippen molar-refractivity contribution < 1.29 is 19.7 Å². The van der Waals surface area contributed by atoms with E-state index in [1.807, 2.05) is 20.8 Å². The van der Waals surface area contributed by atoms with E-state index in [0.29, 0.717) is 0 Å². The zero-order chi connectivity index (χ0) is 13.1. The number of benzene rings is 1. The molecule has 0 saturated heterocycles. The lowest BCUT2D eigenvalue weighted by molar-refractivity contribution is -0.159. The number of phenolic OH excluding ortho intramolecular Hbond substituents is 1. The first-order valence-corrected chi connectivity index (χ1v) is 5.46. The van der Waals surface area contributed by atoms with Gasteiger partial charge in [-0.3, -0.25) is 0 Å². The molecular formula is C13H18O4. The predicted octanol–water partition coefficient (Wildman–Crippen LogP) is 2.20. The van der Waals surface area contributed by atoms with Crippen molar-refractivity contribution in [1.29, 1.82) is 0 Å². The van der Waals surface area contributed by atoms with Gasteiger partial charge in [0.15, 0.2) is 6.10 Å². The fraction of sp³-hybridized carbons (Fsp3) is 0.462. The van der Waals surface area contributed by atoms with E-state index >= 15 is 0 Å². The molecule has 1 aromatic rings. The molecule has 0 unspecified atom stereocenters. The fourth-order valence-corrected chi connectivity index (χ4v) is 1.50. The summed E-state index contributed by atoms with van der Waals surface area (Å²) in [6.45, 7) is 5.43. The number of hydrogen-bond donors (Lipinski definition) is 2. The van der Waals surface area contributed by atoms with E-state index in [-0.39, 0.29) is 12.2 Å². The van der Waals surface area contributed by atoms with Crippen molar-refractivity contribution in [1.82, 2.24) is 0 Å². The van der Waals surface area contributed by atoms with E-state index in [0.717, 1.165) is 5.56 Å². The Labute approximate surface area is 101 Å². The second-order valence-electron chi connectivity index (χ2n) is 4.93. The molecule has 0 heterocycles. The highest BCUT2D eigenvalue weighted by molar-refractivity contribution is 5.72. The number of carboxylic acids is 1. The van der Waals surface area contributed by atoms with Gasteiger partial charge in [-0.25, -0.2) is 4.79 Å². The molecule has 4 nitrogen and oxygen atoms in total. The van der Waals surface area contributed by atoms with E-state index in [9.17, 15) is 9.90 Å². The van der Waals surface area contributed by atoms with Gasteiger partial charge in [0.25, 0.3) is 0 Å². The van der Waals surface area contributed by atoms with Crippen LogP contribution in [0.1, 0.15) is 26.3 Å². The SMILES string of the molecule is CC(C)(C)O[C@@H](Cc1cccc(O)c1)C(=O)O. The third kappa shape index (κ3) is 4.87. The largest absolute Gasteiger partial charge is 0.508 e. The van der Waals surface area contributed by atoms with Crippen LogP contribution in [0.4, 0.5) is 0 Å². The van der Waals surface area contributed by atoms with Crippen molar-refractivity contribution in [3.05, 3.63) is 29.8 Å². The number of hydrogen-bond acceptors (Lipinski definition) is 3. The smallest absolute Gasteiger partial charge is 0.333 e. The Morgan fingerprint density at radius 2 is 2.06 bits per heavy atom. The first kappa shape index (κ1) is 13.5. The van der Waals surface area contributed by atoms with Crippen molar-refractivity contribution in [2.75, 3.05) is 0 Å². The van der Waals surface area contributed by atoms with Crippen LogP contribution in [0.2, 0.25) is 0 Å². The second-order valence-corrected chi connectivity index (χ2v) is 4.93. The van der Waals surface area contributed by atoms with Crippen LogP contribution in [0, 0.1) is 0 Å². The Morgan fingerprint density at radius 1 is 1.41 bits per heavy atom. The van der Waals surface area contributed by atoms with Crippen molar-refractivity contribution in [3.8, 4) is 5.75 Å². The molecule has 0 aliphatic carbocycles. The molecule has 1 atom stereocenters. The second kappa shape index (κ2) is 5.19. The molecule has 0 amide bonds. The molecule has 1 aromatic carbocycles. The summed E-state index contributed by atoms with van der Waals surface area (Å²) in [4.78, 5) is 11.1. The topological polar surface area (TPSA) is 66.8 Å². The molecule has 0 saturated carbocycles. The summed E-state index contributed by atoms with van der Waals surface area (Å²) in [7, 11) is 0. The lowest BCUT2D eigenvalue weighted by atomic mass is 10.1. The zero-order valence-corrected chi connectivity index (χ0v) is 10.3. The molecular weight excluding hydrogens is 220 g/mol. The van der Waals surface area contributed by atoms with E-state index < -0.39 is 17.7 Å². The van der Waals surface area contributed by atoms with Crippen LogP contribution in [0.15, 0.2) is 24.3 Å². The van der Waals surface area contributed by atoms with E-state index in [2.05, 4.69) is 0 Å². The van der Waals surface area contributed by atoms with Crippen molar-refractivity contribution in [3.63, 3.8) is 0 Å². The summed E-state index contributed by atoms with van der Waals surface area (Å²) in [6.07, 6.45) is -0.669. The van der Waals surface area contributed by atoms with Gasteiger partial charge in [-0.05, 0) is 38.5 Å². The monoisotopic (exact) mass is 238 g/mol. The number of aliphatic carboxylic acids is 1. The van der Waals surface area contributed by atoms with Crippen LogP contribution in [0.25, 0.3) is 0 Å². The highest BCUT2D eigenvalue weighted by atomic mass is 16.5. The Balaban J connectivity index is 2.77. The minimum absolute atomic E-state index is 0.127. The molecule has 2 N–H and O–H groups in total. The fourth-order valence-electron chi connectivity index (χ4n) is 1.50. The van der Waals surface area contributed by atoms with Crippen LogP contribution in [0.5, 0.6) is 5.75 Å². The van der Waals surface area contributed by atoms with Gasteiger partial charge in [-0.15, -0.1) is 0 Å². The van der Waals surface area contributed by atoms with E-state index in [1.165, 1.54) is 0 Å². The van der Waals surface area contributed by atoms with Crippen LogP contribution in [-0.4, -0.2) is 27.9 Å². The number of carboxylic acid groups (broad SMARTS) is 1. The quantitative estimate of drug-likeness (QED) is 0.844. The Hall–Kier alpha value is -1.55. The normalized spacial score (nSPS) is 13.4. The van der Waals surface area contributed by atoms with Crippen molar-refractivity contribution >= 4 is 5.97 Å². The molecule has 0 bridgehead atoms.